The van der Waals surface area contributed by atoms with Crippen LogP contribution in [0.3, 0.4) is 0 Å². The first-order chi connectivity index (χ1) is 8.92. The Morgan fingerprint density at radius 2 is 2.05 bits per heavy atom. The Morgan fingerprint density at radius 1 is 1.37 bits per heavy atom. The van der Waals surface area contributed by atoms with E-state index in [-0.39, 0.29) is 0 Å². The minimum absolute atomic E-state index is 0.452. The number of ether oxygens (including phenoxy) is 2. The molecule has 0 bridgehead atoms. The van der Waals surface area contributed by atoms with E-state index in [0.29, 0.717) is 12.2 Å². The molecule has 1 radical (unpaired) electrons. The lowest BCUT2D eigenvalue weighted by atomic mass is 10.2. The molecule has 101 valence electrons. The van der Waals surface area contributed by atoms with Gasteiger partial charge in [0.05, 0.1) is 0 Å². The van der Waals surface area contributed by atoms with Gasteiger partial charge < -0.3 is 9.47 Å². The molecule has 0 amide bonds. The van der Waals surface area contributed by atoms with Crippen molar-refractivity contribution in [3.8, 4) is 5.75 Å². The summed E-state index contributed by atoms with van der Waals surface area (Å²) >= 11 is 0. The first-order valence-electron chi connectivity index (χ1n) is 6.10. The maximum absolute atomic E-state index is 11.6. The Kier molecular flexibility index (Phi) is 5.37. The van der Waals surface area contributed by atoms with Gasteiger partial charge in [0.1, 0.15) is 11.4 Å². The standard InChI is InChI=1S/C16H19O3/c1-5-6-7-10-13-11-8-9-12-14(13)18-15(17)19-16(2,3)4/h5,8-12H,1,6H2,2-4H3. The van der Waals surface area contributed by atoms with Crippen LogP contribution in [-0.4, -0.2) is 11.8 Å². The lowest BCUT2D eigenvalue weighted by molar-refractivity contribution is 0.0206. The van der Waals surface area contributed by atoms with Gasteiger partial charge in [0.2, 0.25) is 0 Å². The van der Waals surface area contributed by atoms with Crippen molar-refractivity contribution in [3.63, 3.8) is 0 Å². The molecule has 19 heavy (non-hydrogen) atoms. The molecule has 1 aromatic rings. The van der Waals surface area contributed by atoms with Crippen molar-refractivity contribution in [2.24, 2.45) is 0 Å². The number of rotatable bonds is 4. The third-order valence-corrected chi connectivity index (χ3v) is 2.02. The third-order valence-electron chi connectivity index (χ3n) is 2.02. The van der Waals surface area contributed by atoms with Crippen molar-refractivity contribution in [3.05, 3.63) is 48.6 Å². The summed E-state index contributed by atoms with van der Waals surface area (Å²) in [6.07, 6.45) is 6.48. The summed E-state index contributed by atoms with van der Waals surface area (Å²) in [5, 5.41) is 0. The maximum atomic E-state index is 11.6. The zero-order valence-electron chi connectivity index (χ0n) is 11.6. The third kappa shape index (κ3) is 5.91. The van der Waals surface area contributed by atoms with Gasteiger partial charge in [-0.15, -0.1) is 6.58 Å². The second-order valence-electron chi connectivity index (χ2n) is 4.95. The van der Waals surface area contributed by atoms with Gasteiger partial charge >= 0.3 is 6.16 Å². The van der Waals surface area contributed by atoms with Gasteiger partial charge in [0.15, 0.2) is 0 Å². The van der Waals surface area contributed by atoms with Crippen LogP contribution in [-0.2, 0) is 4.74 Å². The van der Waals surface area contributed by atoms with Crippen LogP contribution in [0.5, 0.6) is 5.75 Å². The Bertz CT molecular complexity index is 467. The van der Waals surface area contributed by atoms with Crippen LogP contribution in [0, 0.1) is 6.08 Å². The summed E-state index contributed by atoms with van der Waals surface area (Å²) in [4.78, 5) is 11.6. The van der Waals surface area contributed by atoms with E-state index in [1.165, 1.54) is 0 Å². The number of benzene rings is 1. The van der Waals surface area contributed by atoms with E-state index >= 15 is 0 Å². The number of para-hydroxylation sites is 1. The quantitative estimate of drug-likeness (QED) is 0.457. The Morgan fingerprint density at radius 3 is 2.68 bits per heavy atom. The van der Waals surface area contributed by atoms with Crippen LogP contribution in [0.25, 0.3) is 6.08 Å². The number of carbonyl (C=O) groups excluding carboxylic acids is 1. The Balaban J connectivity index is 2.77. The molecule has 0 aliphatic rings. The van der Waals surface area contributed by atoms with Crippen LogP contribution < -0.4 is 4.74 Å². The highest BCUT2D eigenvalue weighted by atomic mass is 16.7. The summed E-state index contributed by atoms with van der Waals surface area (Å²) in [6.45, 7) is 8.98. The molecule has 0 unspecified atom stereocenters. The predicted molar refractivity (Wildman–Crippen MR) is 75.8 cm³/mol. The molecule has 3 nitrogen and oxygen atoms in total. The van der Waals surface area contributed by atoms with Crippen LogP contribution in [0.2, 0.25) is 0 Å². The molecule has 0 heterocycles. The van der Waals surface area contributed by atoms with Gasteiger partial charge in [-0.25, -0.2) is 4.79 Å². The molecular formula is C16H19O3. The number of hydrogen-bond donors (Lipinski definition) is 0. The van der Waals surface area contributed by atoms with E-state index < -0.39 is 11.8 Å². The molecule has 0 atom stereocenters. The van der Waals surface area contributed by atoms with Crippen molar-refractivity contribution >= 4 is 12.2 Å². The molecule has 0 spiro atoms. The highest BCUT2D eigenvalue weighted by Gasteiger charge is 2.18. The van der Waals surface area contributed by atoms with E-state index in [2.05, 4.69) is 12.7 Å². The second kappa shape index (κ2) is 6.78. The fourth-order valence-electron chi connectivity index (χ4n) is 1.31. The highest BCUT2D eigenvalue weighted by Crippen LogP contribution is 2.21. The number of carbonyl (C=O) groups is 1. The van der Waals surface area contributed by atoms with E-state index in [0.717, 1.165) is 5.56 Å². The van der Waals surface area contributed by atoms with Gasteiger partial charge in [0, 0.05) is 5.56 Å². The molecule has 0 aliphatic carbocycles. The lowest BCUT2D eigenvalue weighted by Gasteiger charge is -2.19. The van der Waals surface area contributed by atoms with E-state index in [1.54, 1.807) is 45.1 Å². The van der Waals surface area contributed by atoms with Crippen LogP contribution in [0.4, 0.5) is 4.79 Å². The summed E-state index contributed by atoms with van der Waals surface area (Å²) in [5.74, 6) is 0.452. The van der Waals surface area contributed by atoms with E-state index in [1.807, 2.05) is 12.1 Å². The first kappa shape index (κ1) is 15.0. The molecule has 0 saturated carbocycles. The van der Waals surface area contributed by atoms with Crippen molar-refractivity contribution in [1.29, 1.82) is 0 Å². The SMILES string of the molecule is C=CC/[C]=C\c1ccccc1OC(=O)OC(C)(C)C. The zero-order valence-corrected chi connectivity index (χ0v) is 11.6. The Hall–Kier alpha value is -2.03. The normalized spacial score (nSPS) is 11.3. The summed E-state index contributed by atoms with van der Waals surface area (Å²) in [7, 11) is 0. The topological polar surface area (TPSA) is 35.5 Å². The van der Waals surface area contributed by atoms with Gasteiger partial charge in [-0.05, 0) is 45.4 Å². The summed E-state index contributed by atoms with van der Waals surface area (Å²) in [6, 6.07) is 7.22. The first-order valence-corrected chi connectivity index (χ1v) is 6.10. The molecule has 3 heteroatoms. The van der Waals surface area contributed by atoms with Crippen LogP contribution >= 0.6 is 0 Å². The number of hydrogen-bond acceptors (Lipinski definition) is 3. The minimum atomic E-state index is -0.711. The molecular weight excluding hydrogens is 240 g/mol. The molecule has 0 saturated heterocycles. The lowest BCUT2D eigenvalue weighted by Crippen LogP contribution is -2.26. The van der Waals surface area contributed by atoms with E-state index in [4.69, 9.17) is 9.47 Å². The molecule has 0 aliphatic heterocycles. The monoisotopic (exact) mass is 259 g/mol. The van der Waals surface area contributed by atoms with Gasteiger partial charge in [-0.2, -0.15) is 0 Å². The van der Waals surface area contributed by atoms with Gasteiger partial charge in [0.25, 0.3) is 0 Å². The maximum Gasteiger partial charge on any atom is 0.514 e. The summed E-state index contributed by atoms with van der Waals surface area (Å²) < 4.78 is 10.3. The number of allylic oxidation sites excluding steroid dienone is 2. The molecule has 0 aromatic heterocycles. The summed E-state index contributed by atoms with van der Waals surface area (Å²) in [5.41, 5.74) is 0.201. The molecule has 0 fully saturated rings. The van der Waals surface area contributed by atoms with Crippen molar-refractivity contribution in [2.75, 3.05) is 0 Å². The van der Waals surface area contributed by atoms with Crippen molar-refractivity contribution in [1.82, 2.24) is 0 Å². The van der Waals surface area contributed by atoms with Crippen molar-refractivity contribution < 1.29 is 14.3 Å². The molecule has 0 N–H and O–H groups in total. The molecule has 1 aromatic carbocycles. The average Bonchev–Trinajstić information content (AvgIpc) is 2.29. The van der Waals surface area contributed by atoms with Crippen molar-refractivity contribution in [2.45, 2.75) is 32.8 Å². The van der Waals surface area contributed by atoms with Crippen LogP contribution in [0.15, 0.2) is 36.9 Å². The zero-order chi connectivity index (χ0) is 14.3. The van der Waals surface area contributed by atoms with Crippen LogP contribution in [0.1, 0.15) is 32.8 Å². The minimum Gasteiger partial charge on any atom is -0.428 e. The van der Waals surface area contributed by atoms with E-state index in [9.17, 15) is 4.79 Å². The largest absolute Gasteiger partial charge is 0.514 e. The smallest absolute Gasteiger partial charge is 0.428 e. The second-order valence-corrected chi connectivity index (χ2v) is 4.95. The fraction of sp³-hybridized carbons (Fsp3) is 0.312. The Labute approximate surface area is 114 Å². The predicted octanol–water partition coefficient (Wildman–Crippen LogP) is 4.39. The highest BCUT2D eigenvalue weighted by molar-refractivity contribution is 5.67. The van der Waals surface area contributed by atoms with Gasteiger partial charge in [-0.3, -0.25) is 0 Å². The fourth-order valence-corrected chi connectivity index (χ4v) is 1.31. The average molecular weight is 259 g/mol. The van der Waals surface area contributed by atoms with Gasteiger partial charge in [-0.1, -0.05) is 24.3 Å². The molecule has 1 rings (SSSR count).